The summed E-state index contributed by atoms with van der Waals surface area (Å²) in [5.41, 5.74) is 4.40. The number of allylic oxidation sites excluding steroid dienone is 4. The first-order valence-corrected chi connectivity index (χ1v) is 11.0. The van der Waals surface area contributed by atoms with Crippen LogP contribution in [-0.4, -0.2) is 30.1 Å². The number of Topliss-reactive ketones (excluding diaryl/α,β-unsaturated/α-hetero) is 2. The second kappa shape index (κ2) is 7.41. The van der Waals surface area contributed by atoms with Crippen LogP contribution in [0.5, 0.6) is 5.75 Å². The largest absolute Gasteiger partial charge is 0.481 e. The molecule has 0 aromatic heterocycles. The van der Waals surface area contributed by atoms with Crippen LogP contribution in [0.1, 0.15) is 64.9 Å². The Morgan fingerprint density at radius 3 is 2.06 bits per heavy atom. The van der Waals surface area contributed by atoms with Crippen molar-refractivity contribution in [2.24, 2.45) is 10.8 Å². The number of carbonyl (C=O) groups excluding carboxylic acids is 2. The predicted octanol–water partition coefficient (Wildman–Crippen LogP) is 5.01. The van der Waals surface area contributed by atoms with Crippen LogP contribution in [0, 0.1) is 23.2 Å². The van der Waals surface area contributed by atoms with Crippen molar-refractivity contribution >= 4 is 11.6 Å². The second-order valence-electron chi connectivity index (χ2n) is 10.7. The first-order valence-electron chi connectivity index (χ1n) is 11.0. The third-order valence-corrected chi connectivity index (χ3v) is 6.69. The molecular weight excluding hydrogens is 386 g/mol. The lowest BCUT2D eigenvalue weighted by Crippen LogP contribution is -2.43. The maximum absolute atomic E-state index is 13.5. The van der Waals surface area contributed by atoms with Crippen molar-refractivity contribution in [1.29, 1.82) is 0 Å². The average Bonchev–Trinajstić information content (AvgIpc) is 2.66. The van der Waals surface area contributed by atoms with Gasteiger partial charge in [0, 0.05) is 48.3 Å². The molecule has 0 amide bonds. The highest BCUT2D eigenvalue weighted by atomic mass is 16.5. The van der Waals surface area contributed by atoms with E-state index in [0.29, 0.717) is 18.6 Å². The Morgan fingerprint density at radius 1 is 1.00 bits per heavy atom. The molecule has 0 saturated heterocycles. The van der Waals surface area contributed by atoms with E-state index in [9.17, 15) is 9.59 Å². The van der Waals surface area contributed by atoms with Gasteiger partial charge in [-0.15, -0.1) is 6.42 Å². The summed E-state index contributed by atoms with van der Waals surface area (Å²) in [7, 11) is 2.02. The summed E-state index contributed by atoms with van der Waals surface area (Å²) in [4.78, 5) is 29.1. The highest BCUT2D eigenvalue weighted by Gasteiger charge is 2.48. The average molecular weight is 418 g/mol. The number of rotatable bonds is 3. The van der Waals surface area contributed by atoms with Crippen LogP contribution in [0.2, 0.25) is 0 Å². The van der Waals surface area contributed by atoms with Crippen molar-refractivity contribution in [2.75, 3.05) is 13.7 Å². The number of terminal acetylenes is 1. The third kappa shape index (κ3) is 3.82. The van der Waals surface area contributed by atoms with Crippen LogP contribution in [0.3, 0.4) is 0 Å². The molecule has 2 aliphatic carbocycles. The standard InChI is InChI=1S/C27H31NO3/c1-7-11-31-18-10-8-9-17(12-18)23-24-19(13-26(2,3)15-21(24)29)28(6)20-14-27(4,5)16-22(30)25(20)23/h1,8-10,12,23H,11,13-16H2,2-6H3. The van der Waals surface area contributed by atoms with Gasteiger partial charge in [0.25, 0.3) is 0 Å². The van der Waals surface area contributed by atoms with Crippen molar-refractivity contribution in [3.8, 4) is 18.1 Å². The van der Waals surface area contributed by atoms with Crippen molar-refractivity contribution in [3.63, 3.8) is 0 Å². The summed E-state index contributed by atoms with van der Waals surface area (Å²) in [6, 6.07) is 7.70. The van der Waals surface area contributed by atoms with Crippen LogP contribution in [-0.2, 0) is 9.59 Å². The SMILES string of the molecule is C#CCOc1cccc(C2C3=C(CC(C)(C)CC3=O)N(C)C3=C2C(=O)CC(C)(C)C3)c1. The molecule has 0 unspecified atom stereocenters. The maximum Gasteiger partial charge on any atom is 0.162 e. The highest BCUT2D eigenvalue weighted by Crippen LogP contribution is 2.54. The number of ether oxygens (including phenoxy) is 1. The van der Waals surface area contributed by atoms with E-state index in [2.05, 4.69) is 38.5 Å². The van der Waals surface area contributed by atoms with Gasteiger partial charge in [-0.3, -0.25) is 9.59 Å². The fourth-order valence-electron chi connectivity index (χ4n) is 5.41. The van der Waals surface area contributed by atoms with E-state index >= 15 is 0 Å². The minimum absolute atomic E-state index is 0.0985. The third-order valence-electron chi connectivity index (χ3n) is 6.69. The number of hydrogen-bond donors (Lipinski definition) is 0. The Kier molecular flexibility index (Phi) is 5.12. The van der Waals surface area contributed by atoms with E-state index < -0.39 is 0 Å². The highest BCUT2D eigenvalue weighted by molar-refractivity contribution is 6.06. The van der Waals surface area contributed by atoms with Crippen LogP contribution in [0.15, 0.2) is 46.8 Å². The minimum atomic E-state index is -0.345. The lowest BCUT2D eigenvalue weighted by molar-refractivity contribution is -0.119. The Balaban J connectivity index is 1.92. The van der Waals surface area contributed by atoms with Crippen molar-refractivity contribution in [3.05, 3.63) is 52.4 Å². The fourth-order valence-corrected chi connectivity index (χ4v) is 5.41. The summed E-state index contributed by atoms with van der Waals surface area (Å²) in [5, 5.41) is 0. The van der Waals surface area contributed by atoms with Gasteiger partial charge in [-0.2, -0.15) is 0 Å². The van der Waals surface area contributed by atoms with E-state index in [1.165, 1.54) is 0 Å². The molecule has 31 heavy (non-hydrogen) atoms. The lowest BCUT2D eigenvalue weighted by atomic mass is 9.64. The van der Waals surface area contributed by atoms with Crippen molar-refractivity contribution in [2.45, 2.75) is 59.3 Å². The number of hydrogen-bond acceptors (Lipinski definition) is 4. The maximum atomic E-state index is 13.5. The van der Waals surface area contributed by atoms with E-state index in [0.717, 1.165) is 40.9 Å². The van der Waals surface area contributed by atoms with Crippen LogP contribution in [0.4, 0.5) is 0 Å². The molecule has 0 atom stereocenters. The number of benzene rings is 1. The van der Waals surface area contributed by atoms with Gasteiger partial charge in [-0.1, -0.05) is 45.7 Å². The molecule has 4 nitrogen and oxygen atoms in total. The Morgan fingerprint density at radius 2 is 1.55 bits per heavy atom. The second-order valence-corrected chi connectivity index (χ2v) is 10.7. The smallest absolute Gasteiger partial charge is 0.162 e. The van der Waals surface area contributed by atoms with E-state index in [4.69, 9.17) is 11.2 Å². The quantitative estimate of drug-likeness (QED) is 0.649. The first-order chi connectivity index (χ1) is 14.5. The summed E-state index contributed by atoms with van der Waals surface area (Å²) >= 11 is 0. The van der Waals surface area contributed by atoms with Gasteiger partial charge in [0.15, 0.2) is 11.6 Å². The molecule has 0 fully saturated rings. The molecule has 1 aromatic carbocycles. The van der Waals surface area contributed by atoms with Crippen LogP contribution in [0.25, 0.3) is 0 Å². The zero-order valence-corrected chi connectivity index (χ0v) is 19.2. The summed E-state index contributed by atoms with van der Waals surface area (Å²) in [6.07, 6.45) is 7.97. The molecule has 3 aliphatic rings. The Bertz CT molecular complexity index is 1010. The van der Waals surface area contributed by atoms with Gasteiger partial charge in [-0.25, -0.2) is 0 Å². The molecule has 162 valence electrons. The fraction of sp³-hybridized carbons (Fsp3) is 0.481. The van der Waals surface area contributed by atoms with Gasteiger partial charge < -0.3 is 9.64 Å². The van der Waals surface area contributed by atoms with Gasteiger partial charge in [0.1, 0.15) is 12.4 Å². The van der Waals surface area contributed by atoms with Gasteiger partial charge in [0.2, 0.25) is 0 Å². The van der Waals surface area contributed by atoms with Crippen molar-refractivity contribution < 1.29 is 14.3 Å². The van der Waals surface area contributed by atoms with E-state index in [1.807, 2.05) is 31.3 Å². The molecule has 1 aromatic rings. The summed E-state index contributed by atoms with van der Waals surface area (Å²) in [5.74, 6) is 3.08. The molecule has 1 aliphatic heterocycles. The molecule has 0 bridgehead atoms. The summed E-state index contributed by atoms with van der Waals surface area (Å²) in [6.45, 7) is 8.76. The Labute approximate surface area is 185 Å². The normalized spacial score (nSPS) is 22.8. The minimum Gasteiger partial charge on any atom is -0.481 e. The summed E-state index contributed by atoms with van der Waals surface area (Å²) < 4.78 is 5.65. The van der Waals surface area contributed by atoms with Gasteiger partial charge in [-0.05, 0) is 41.4 Å². The first kappa shape index (κ1) is 21.4. The van der Waals surface area contributed by atoms with E-state index in [1.54, 1.807) is 0 Å². The van der Waals surface area contributed by atoms with E-state index in [-0.39, 0.29) is 34.9 Å². The molecule has 1 heterocycles. The Hall–Kier alpha value is -2.80. The number of nitrogens with zero attached hydrogens (tertiary/aromatic N) is 1. The molecule has 0 saturated carbocycles. The molecule has 4 rings (SSSR count). The monoisotopic (exact) mass is 417 g/mol. The van der Waals surface area contributed by atoms with Crippen LogP contribution >= 0.6 is 0 Å². The lowest BCUT2D eigenvalue weighted by Gasteiger charge is -2.47. The molecule has 0 radical (unpaired) electrons. The topological polar surface area (TPSA) is 46.6 Å². The number of carbonyl (C=O) groups is 2. The molecule has 0 spiro atoms. The van der Waals surface area contributed by atoms with Gasteiger partial charge in [0.05, 0.1) is 0 Å². The molecule has 0 N–H and O–H groups in total. The predicted molar refractivity (Wildman–Crippen MR) is 121 cm³/mol. The van der Waals surface area contributed by atoms with Gasteiger partial charge >= 0.3 is 0 Å². The zero-order valence-electron chi connectivity index (χ0n) is 19.2. The zero-order chi connectivity index (χ0) is 22.6. The number of ketones is 2. The van der Waals surface area contributed by atoms with Crippen molar-refractivity contribution in [1.82, 2.24) is 4.90 Å². The molecular formula is C27H31NO3. The molecule has 4 heteroatoms. The van der Waals surface area contributed by atoms with Crippen LogP contribution < -0.4 is 4.74 Å².